The molecule has 3 heterocycles. The second-order valence-corrected chi connectivity index (χ2v) is 7.97. The first-order valence-corrected chi connectivity index (χ1v) is 10.5. The number of hydrogen-bond donors (Lipinski definition) is 2. The van der Waals surface area contributed by atoms with E-state index < -0.39 is 6.10 Å². The van der Waals surface area contributed by atoms with E-state index >= 15 is 0 Å². The Balaban J connectivity index is 1.47. The molecule has 4 rings (SSSR count). The van der Waals surface area contributed by atoms with Crippen molar-refractivity contribution in [3.05, 3.63) is 69.8 Å². The highest BCUT2D eigenvalue weighted by Crippen LogP contribution is 2.21. The number of rotatable bonds is 5. The van der Waals surface area contributed by atoms with E-state index in [4.69, 9.17) is 4.74 Å². The standard InChI is InChI=1S/C22H23N3O3S/c1-14-10-23-19(22(27)25-18-6-7-28-11-21(18)26)9-17(14)8-15-2-4-16(5-3-15)20-12-29-13-24-20/h2-5,9-10,12-13,18,21,26H,6-8,11H2,1H3,(H,25,27)/t18-,21+/m0/s1. The molecule has 2 N–H and O–H groups in total. The van der Waals surface area contributed by atoms with Crippen molar-refractivity contribution in [3.8, 4) is 11.3 Å². The smallest absolute Gasteiger partial charge is 0.270 e. The van der Waals surface area contributed by atoms with E-state index in [-0.39, 0.29) is 18.6 Å². The maximum atomic E-state index is 12.6. The molecule has 0 bridgehead atoms. The Kier molecular flexibility index (Phi) is 5.99. The van der Waals surface area contributed by atoms with Crippen LogP contribution in [0.15, 0.2) is 47.4 Å². The number of aromatic nitrogens is 2. The molecule has 29 heavy (non-hydrogen) atoms. The van der Waals surface area contributed by atoms with E-state index in [9.17, 15) is 9.90 Å². The number of pyridine rings is 1. The summed E-state index contributed by atoms with van der Waals surface area (Å²) >= 11 is 1.58. The van der Waals surface area contributed by atoms with Crippen LogP contribution in [0.1, 0.15) is 33.6 Å². The Hall–Kier alpha value is -2.61. The highest BCUT2D eigenvalue weighted by molar-refractivity contribution is 7.07. The fraction of sp³-hybridized carbons (Fsp3) is 0.318. The second kappa shape index (κ2) is 8.82. The molecule has 1 aliphatic rings. The number of thiazole rings is 1. The lowest BCUT2D eigenvalue weighted by atomic mass is 9.99. The van der Waals surface area contributed by atoms with Gasteiger partial charge in [0, 0.05) is 23.7 Å². The first-order chi connectivity index (χ1) is 14.1. The van der Waals surface area contributed by atoms with Crippen LogP contribution in [0.5, 0.6) is 0 Å². The molecule has 3 aromatic rings. The number of ether oxygens (including phenoxy) is 1. The van der Waals surface area contributed by atoms with Crippen LogP contribution in [0.25, 0.3) is 11.3 Å². The van der Waals surface area contributed by atoms with Gasteiger partial charge in [0.1, 0.15) is 5.69 Å². The van der Waals surface area contributed by atoms with Crippen molar-refractivity contribution in [2.75, 3.05) is 13.2 Å². The van der Waals surface area contributed by atoms with Crippen molar-refractivity contribution in [2.45, 2.75) is 31.9 Å². The molecule has 0 aliphatic carbocycles. The average Bonchev–Trinajstić information content (AvgIpc) is 3.27. The third-order valence-corrected chi connectivity index (χ3v) is 5.75. The van der Waals surface area contributed by atoms with Gasteiger partial charge in [-0.15, -0.1) is 11.3 Å². The van der Waals surface area contributed by atoms with Crippen LogP contribution in [-0.4, -0.2) is 46.3 Å². The molecule has 150 valence electrons. The normalized spacial score (nSPS) is 19.1. The molecule has 6 nitrogen and oxygen atoms in total. The summed E-state index contributed by atoms with van der Waals surface area (Å²) in [5.41, 5.74) is 7.52. The van der Waals surface area contributed by atoms with Gasteiger partial charge in [-0.3, -0.25) is 9.78 Å². The second-order valence-electron chi connectivity index (χ2n) is 7.25. The van der Waals surface area contributed by atoms with Gasteiger partial charge in [-0.05, 0) is 42.5 Å². The third kappa shape index (κ3) is 4.70. The minimum Gasteiger partial charge on any atom is -0.389 e. The lowest BCUT2D eigenvalue weighted by Crippen LogP contribution is -2.48. The van der Waals surface area contributed by atoms with Crippen molar-refractivity contribution < 1.29 is 14.6 Å². The summed E-state index contributed by atoms with van der Waals surface area (Å²) in [6.45, 7) is 2.77. The van der Waals surface area contributed by atoms with E-state index in [1.165, 1.54) is 0 Å². The van der Waals surface area contributed by atoms with E-state index in [1.54, 1.807) is 17.5 Å². The number of carbonyl (C=O) groups excluding carboxylic acids is 1. The number of benzene rings is 1. The number of aliphatic hydroxyl groups excluding tert-OH is 1. The minimum atomic E-state index is -0.686. The maximum Gasteiger partial charge on any atom is 0.270 e. The van der Waals surface area contributed by atoms with Gasteiger partial charge in [0.15, 0.2) is 0 Å². The lowest BCUT2D eigenvalue weighted by Gasteiger charge is -2.28. The van der Waals surface area contributed by atoms with Crippen LogP contribution < -0.4 is 5.32 Å². The van der Waals surface area contributed by atoms with Crippen LogP contribution >= 0.6 is 11.3 Å². The minimum absolute atomic E-state index is 0.244. The number of nitrogens with one attached hydrogen (secondary N) is 1. The molecule has 2 atom stereocenters. The molecule has 7 heteroatoms. The number of carbonyl (C=O) groups is 1. The molecule has 1 amide bonds. The zero-order valence-electron chi connectivity index (χ0n) is 16.2. The zero-order valence-corrected chi connectivity index (χ0v) is 17.0. The molecular weight excluding hydrogens is 386 g/mol. The first kappa shape index (κ1) is 19.7. The Bertz CT molecular complexity index is 973. The van der Waals surface area contributed by atoms with E-state index in [1.807, 2.05) is 23.9 Å². The molecular formula is C22H23N3O3S. The SMILES string of the molecule is Cc1cnc(C(=O)N[C@H]2CCOC[C@H]2O)cc1Cc1ccc(-c2cscn2)cc1. The summed E-state index contributed by atoms with van der Waals surface area (Å²) in [6.07, 6.45) is 2.35. The number of aryl methyl sites for hydroxylation is 1. The third-order valence-electron chi connectivity index (χ3n) is 5.17. The van der Waals surface area contributed by atoms with Crippen molar-refractivity contribution in [1.82, 2.24) is 15.3 Å². The van der Waals surface area contributed by atoms with Crippen molar-refractivity contribution in [2.24, 2.45) is 0 Å². The monoisotopic (exact) mass is 409 g/mol. The van der Waals surface area contributed by atoms with E-state index in [0.29, 0.717) is 25.1 Å². The largest absolute Gasteiger partial charge is 0.389 e. The topological polar surface area (TPSA) is 84.3 Å². The zero-order chi connectivity index (χ0) is 20.2. The molecule has 1 saturated heterocycles. The lowest BCUT2D eigenvalue weighted by molar-refractivity contribution is -0.0261. The number of amides is 1. The predicted octanol–water partition coefficient (Wildman–Crippen LogP) is 2.98. The fourth-order valence-electron chi connectivity index (χ4n) is 3.38. The van der Waals surface area contributed by atoms with Crippen molar-refractivity contribution in [1.29, 1.82) is 0 Å². The summed E-state index contributed by atoms with van der Waals surface area (Å²) in [4.78, 5) is 21.2. The van der Waals surface area contributed by atoms with Gasteiger partial charge in [0.05, 0.1) is 30.0 Å². The van der Waals surface area contributed by atoms with Gasteiger partial charge in [0.2, 0.25) is 0 Å². The Labute approximate surface area is 173 Å². The molecule has 1 aromatic carbocycles. The van der Waals surface area contributed by atoms with Crippen LogP contribution in [0.4, 0.5) is 0 Å². The van der Waals surface area contributed by atoms with Crippen LogP contribution in [0.2, 0.25) is 0 Å². The molecule has 1 fully saturated rings. The molecule has 0 saturated carbocycles. The highest BCUT2D eigenvalue weighted by atomic mass is 32.1. The summed E-state index contributed by atoms with van der Waals surface area (Å²) in [5, 5.41) is 14.9. The van der Waals surface area contributed by atoms with Crippen LogP contribution in [0.3, 0.4) is 0 Å². The Morgan fingerprint density at radius 2 is 2.14 bits per heavy atom. The van der Waals surface area contributed by atoms with Gasteiger partial charge >= 0.3 is 0 Å². The number of hydrogen-bond acceptors (Lipinski definition) is 6. The van der Waals surface area contributed by atoms with Gasteiger partial charge in [-0.25, -0.2) is 4.98 Å². The van der Waals surface area contributed by atoms with Gasteiger partial charge < -0.3 is 15.2 Å². The summed E-state index contributed by atoms with van der Waals surface area (Å²) < 4.78 is 5.21. The maximum absolute atomic E-state index is 12.6. The number of nitrogens with zero attached hydrogens (tertiary/aromatic N) is 2. The summed E-state index contributed by atoms with van der Waals surface area (Å²) in [5.74, 6) is -0.268. The van der Waals surface area contributed by atoms with Gasteiger partial charge in [-0.1, -0.05) is 24.3 Å². The Morgan fingerprint density at radius 1 is 1.31 bits per heavy atom. The fourth-order valence-corrected chi connectivity index (χ4v) is 3.94. The molecule has 2 aromatic heterocycles. The Morgan fingerprint density at radius 3 is 2.86 bits per heavy atom. The molecule has 0 unspecified atom stereocenters. The molecule has 1 aliphatic heterocycles. The quantitative estimate of drug-likeness (QED) is 0.677. The van der Waals surface area contributed by atoms with Crippen molar-refractivity contribution >= 4 is 17.2 Å². The summed E-state index contributed by atoms with van der Waals surface area (Å²) in [6, 6.07) is 9.85. The van der Waals surface area contributed by atoms with Crippen LogP contribution in [-0.2, 0) is 11.2 Å². The first-order valence-electron chi connectivity index (χ1n) is 9.60. The van der Waals surface area contributed by atoms with Crippen LogP contribution in [0, 0.1) is 6.92 Å². The molecule has 0 spiro atoms. The average molecular weight is 410 g/mol. The van der Waals surface area contributed by atoms with Gasteiger partial charge in [-0.2, -0.15) is 0 Å². The number of aliphatic hydroxyl groups is 1. The highest BCUT2D eigenvalue weighted by Gasteiger charge is 2.26. The van der Waals surface area contributed by atoms with Gasteiger partial charge in [0.25, 0.3) is 5.91 Å². The predicted molar refractivity (Wildman–Crippen MR) is 112 cm³/mol. The summed E-state index contributed by atoms with van der Waals surface area (Å²) in [7, 11) is 0. The van der Waals surface area contributed by atoms with E-state index in [0.717, 1.165) is 27.9 Å². The van der Waals surface area contributed by atoms with Crippen molar-refractivity contribution in [3.63, 3.8) is 0 Å². The van der Waals surface area contributed by atoms with E-state index in [2.05, 4.69) is 39.6 Å². The molecule has 0 radical (unpaired) electrons.